The molecule has 0 unspecified atom stereocenters. The Morgan fingerprint density at radius 2 is 1.58 bits per heavy atom. The number of anilines is 1. The summed E-state index contributed by atoms with van der Waals surface area (Å²) in [5.41, 5.74) is 1.63. The summed E-state index contributed by atoms with van der Waals surface area (Å²) in [7, 11) is 0. The lowest BCUT2D eigenvalue weighted by Crippen LogP contribution is -2.03. The third-order valence-corrected chi connectivity index (χ3v) is 2.77. The van der Waals surface area contributed by atoms with Crippen LogP contribution >= 0.6 is 0 Å². The highest BCUT2D eigenvalue weighted by Gasteiger charge is 2.10. The van der Waals surface area contributed by atoms with Gasteiger partial charge in [0.2, 0.25) is 0 Å². The molecule has 0 fully saturated rings. The standard InChI is InChI=1S/C14H11F4N/c1-8-4-10(15)3-2-9(8)7-19-11-5-12(16)14(18)13(17)6-11/h2-6,19H,7H2,1H3. The van der Waals surface area contributed by atoms with Gasteiger partial charge in [0.15, 0.2) is 17.5 Å². The molecule has 2 aromatic rings. The highest BCUT2D eigenvalue weighted by Crippen LogP contribution is 2.19. The van der Waals surface area contributed by atoms with E-state index in [1.807, 2.05) is 0 Å². The minimum Gasteiger partial charge on any atom is -0.381 e. The Bertz CT molecular complexity index is 587. The summed E-state index contributed by atoms with van der Waals surface area (Å²) in [5, 5.41) is 2.76. The number of benzene rings is 2. The van der Waals surface area contributed by atoms with E-state index in [1.165, 1.54) is 12.1 Å². The molecule has 1 N–H and O–H groups in total. The second-order valence-corrected chi connectivity index (χ2v) is 4.18. The van der Waals surface area contributed by atoms with E-state index < -0.39 is 17.5 Å². The molecule has 0 saturated carbocycles. The molecule has 0 bridgehead atoms. The normalized spacial score (nSPS) is 10.6. The number of hydrogen-bond acceptors (Lipinski definition) is 1. The van der Waals surface area contributed by atoms with Crippen LogP contribution in [0.2, 0.25) is 0 Å². The first-order valence-electron chi connectivity index (χ1n) is 5.61. The molecule has 0 atom stereocenters. The Morgan fingerprint density at radius 1 is 0.947 bits per heavy atom. The van der Waals surface area contributed by atoms with Crippen molar-refractivity contribution in [2.75, 3.05) is 5.32 Å². The van der Waals surface area contributed by atoms with Crippen molar-refractivity contribution in [3.05, 3.63) is 64.7 Å². The van der Waals surface area contributed by atoms with Crippen LogP contribution in [0.4, 0.5) is 23.2 Å². The zero-order valence-electron chi connectivity index (χ0n) is 10.1. The van der Waals surface area contributed by atoms with Crippen LogP contribution in [0.1, 0.15) is 11.1 Å². The minimum absolute atomic E-state index is 0.125. The summed E-state index contributed by atoms with van der Waals surface area (Å²) in [6, 6.07) is 5.99. The molecule has 0 spiro atoms. The summed E-state index contributed by atoms with van der Waals surface area (Å²) in [6.45, 7) is 1.99. The maximum Gasteiger partial charge on any atom is 0.194 e. The lowest BCUT2D eigenvalue weighted by molar-refractivity contribution is 0.447. The lowest BCUT2D eigenvalue weighted by atomic mass is 10.1. The molecule has 2 rings (SSSR count). The summed E-state index contributed by atoms with van der Waals surface area (Å²) < 4.78 is 51.6. The number of hydrogen-bond donors (Lipinski definition) is 1. The minimum atomic E-state index is -1.50. The van der Waals surface area contributed by atoms with E-state index in [9.17, 15) is 17.6 Å². The second-order valence-electron chi connectivity index (χ2n) is 4.18. The van der Waals surface area contributed by atoms with Crippen LogP contribution in [-0.4, -0.2) is 0 Å². The fourth-order valence-electron chi connectivity index (χ4n) is 1.71. The van der Waals surface area contributed by atoms with Gasteiger partial charge in [0.1, 0.15) is 5.82 Å². The van der Waals surface area contributed by atoms with E-state index in [-0.39, 0.29) is 18.0 Å². The maximum absolute atomic E-state index is 13.0. The van der Waals surface area contributed by atoms with Gasteiger partial charge in [-0.25, -0.2) is 17.6 Å². The number of halogens is 4. The molecule has 0 aliphatic rings. The maximum atomic E-state index is 13.0. The fourth-order valence-corrected chi connectivity index (χ4v) is 1.71. The zero-order valence-corrected chi connectivity index (χ0v) is 10.1. The van der Waals surface area contributed by atoms with Crippen LogP contribution in [0, 0.1) is 30.2 Å². The van der Waals surface area contributed by atoms with Crippen molar-refractivity contribution < 1.29 is 17.6 Å². The summed E-state index contributed by atoms with van der Waals surface area (Å²) in [6.07, 6.45) is 0. The van der Waals surface area contributed by atoms with E-state index in [1.54, 1.807) is 13.0 Å². The van der Waals surface area contributed by atoms with Gasteiger partial charge in [-0.1, -0.05) is 6.07 Å². The van der Waals surface area contributed by atoms with E-state index in [4.69, 9.17) is 0 Å². The van der Waals surface area contributed by atoms with Crippen LogP contribution in [0.3, 0.4) is 0 Å². The molecule has 1 nitrogen and oxygen atoms in total. The number of nitrogens with one attached hydrogen (secondary N) is 1. The SMILES string of the molecule is Cc1cc(F)ccc1CNc1cc(F)c(F)c(F)c1. The molecule has 0 aliphatic heterocycles. The Labute approximate surface area is 107 Å². The largest absolute Gasteiger partial charge is 0.381 e. The summed E-state index contributed by atoms with van der Waals surface area (Å²) >= 11 is 0. The second kappa shape index (κ2) is 5.30. The molecule has 0 aromatic heterocycles. The molecular formula is C14H11F4N. The van der Waals surface area contributed by atoms with Crippen LogP contribution < -0.4 is 5.32 Å². The highest BCUT2D eigenvalue weighted by molar-refractivity contribution is 5.45. The smallest absolute Gasteiger partial charge is 0.194 e. The van der Waals surface area contributed by atoms with Crippen LogP contribution in [0.15, 0.2) is 30.3 Å². The Balaban J connectivity index is 2.14. The van der Waals surface area contributed by atoms with E-state index in [0.717, 1.165) is 23.3 Å². The first-order chi connectivity index (χ1) is 8.97. The third-order valence-electron chi connectivity index (χ3n) is 2.77. The van der Waals surface area contributed by atoms with Crippen molar-refractivity contribution in [2.45, 2.75) is 13.5 Å². The van der Waals surface area contributed by atoms with E-state index in [0.29, 0.717) is 0 Å². The quantitative estimate of drug-likeness (QED) is 0.651. The van der Waals surface area contributed by atoms with Crippen LogP contribution in [0.5, 0.6) is 0 Å². The molecule has 0 aliphatic carbocycles. The first kappa shape index (κ1) is 13.4. The van der Waals surface area contributed by atoms with Crippen molar-refractivity contribution in [1.29, 1.82) is 0 Å². The van der Waals surface area contributed by atoms with E-state index >= 15 is 0 Å². The fraction of sp³-hybridized carbons (Fsp3) is 0.143. The van der Waals surface area contributed by atoms with Crippen molar-refractivity contribution in [3.63, 3.8) is 0 Å². The summed E-state index contributed by atoms with van der Waals surface area (Å²) in [5.74, 6) is -4.35. The topological polar surface area (TPSA) is 12.0 Å². The van der Waals surface area contributed by atoms with Gasteiger partial charge in [-0.15, -0.1) is 0 Å². The molecule has 2 aromatic carbocycles. The van der Waals surface area contributed by atoms with Gasteiger partial charge in [0.25, 0.3) is 0 Å². The summed E-state index contributed by atoms with van der Waals surface area (Å²) in [4.78, 5) is 0. The van der Waals surface area contributed by atoms with Gasteiger partial charge in [-0.05, 0) is 30.2 Å². The Kier molecular flexibility index (Phi) is 3.74. The van der Waals surface area contributed by atoms with Gasteiger partial charge in [-0.3, -0.25) is 0 Å². The Hall–Kier alpha value is -2.04. The number of rotatable bonds is 3. The molecule has 0 saturated heterocycles. The third kappa shape index (κ3) is 3.05. The molecular weight excluding hydrogens is 258 g/mol. The molecule has 0 amide bonds. The van der Waals surface area contributed by atoms with Crippen molar-refractivity contribution in [3.8, 4) is 0 Å². The van der Waals surface area contributed by atoms with Gasteiger partial charge in [0.05, 0.1) is 0 Å². The van der Waals surface area contributed by atoms with Crippen molar-refractivity contribution in [2.24, 2.45) is 0 Å². The van der Waals surface area contributed by atoms with E-state index in [2.05, 4.69) is 5.32 Å². The lowest BCUT2D eigenvalue weighted by Gasteiger charge is -2.10. The predicted molar refractivity (Wildman–Crippen MR) is 64.8 cm³/mol. The molecule has 0 radical (unpaired) electrons. The van der Waals surface area contributed by atoms with Crippen LogP contribution in [-0.2, 0) is 6.54 Å². The van der Waals surface area contributed by atoms with Crippen molar-refractivity contribution in [1.82, 2.24) is 0 Å². The molecule has 5 heteroatoms. The Morgan fingerprint density at radius 3 is 2.16 bits per heavy atom. The van der Waals surface area contributed by atoms with Crippen molar-refractivity contribution >= 4 is 5.69 Å². The average molecular weight is 269 g/mol. The van der Waals surface area contributed by atoms with Gasteiger partial charge in [-0.2, -0.15) is 0 Å². The molecule has 100 valence electrons. The van der Waals surface area contributed by atoms with Crippen LogP contribution in [0.25, 0.3) is 0 Å². The average Bonchev–Trinajstić information content (AvgIpc) is 2.34. The first-order valence-corrected chi connectivity index (χ1v) is 5.61. The number of aryl methyl sites for hydroxylation is 1. The highest BCUT2D eigenvalue weighted by atomic mass is 19.2. The monoisotopic (exact) mass is 269 g/mol. The predicted octanol–water partition coefficient (Wildman–Crippen LogP) is 4.16. The van der Waals surface area contributed by atoms with Gasteiger partial charge in [0, 0.05) is 24.4 Å². The molecule has 0 heterocycles. The zero-order chi connectivity index (χ0) is 14.0. The molecule has 19 heavy (non-hydrogen) atoms. The van der Waals surface area contributed by atoms with Gasteiger partial charge < -0.3 is 5.32 Å². The van der Waals surface area contributed by atoms with Gasteiger partial charge >= 0.3 is 0 Å².